The Morgan fingerprint density at radius 3 is 2.92 bits per heavy atom. The molecule has 13 heavy (non-hydrogen) atoms. The zero-order valence-corrected chi connectivity index (χ0v) is 9.69. The van der Waals surface area contributed by atoms with Crippen LogP contribution in [0.2, 0.25) is 0 Å². The molecule has 1 fully saturated rings. The third kappa shape index (κ3) is 3.27. The molecular formula is C9H16BrNO2. The third-order valence-electron chi connectivity index (χ3n) is 2.30. The molecule has 0 bridgehead atoms. The molecule has 0 aromatic rings. The van der Waals surface area contributed by atoms with E-state index in [1.807, 2.05) is 13.8 Å². The predicted molar refractivity (Wildman–Crippen MR) is 55.0 cm³/mol. The fourth-order valence-corrected chi connectivity index (χ4v) is 1.55. The topological polar surface area (TPSA) is 38.3 Å². The molecule has 1 saturated heterocycles. The fraction of sp³-hybridized carbons (Fsp3) is 0.889. The van der Waals surface area contributed by atoms with Crippen molar-refractivity contribution >= 4 is 21.8 Å². The Hall–Kier alpha value is -0.0900. The van der Waals surface area contributed by atoms with Gasteiger partial charge >= 0.3 is 0 Å². The van der Waals surface area contributed by atoms with E-state index in [0.717, 1.165) is 19.4 Å². The van der Waals surface area contributed by atoms with Crippen LogP contribution < -0.4 is 5.32 Å². The number of amides is 1. The standard InChI is InChI=1S/C9H16BrNO2/c1-7(10)8(12)11-6-9(2)4-3-5-13-9/h7H,3-6H2,1-2H3,(H,11,12). The van der Waals surface area contributed by atoms with Gasteiger partial charge in [0.2, 0.25) is 5.91 Å². The van der Waals surface area contributed by atoms with Crippen LogP contribution >= 0.6 is 15.9 Å². The molecular weight excluding hydrogens is 234 g/mol. The summed E-state index contributed by atoms with van der Waals surface area (Å²) in [5.74, 6) is 0.0247. The quantitative estimate of drug-likeness (QED) is 0.770. The first-order valence-electron chi connectivity index (χ1n) is 4.59. The molecule has 0 saturated carbocycles. The fourth-order valence-electron chi connectivity index (χ4n) is 1.39. The predicted octanol–water partition coefficient (Wildman–Crippen LogP) is 1.46. The second kappa shape index (κ2) is 4.42. The Balaban J connectivity index is 2.29. The van der Waals surface area contributed by atoms with Crippen LogP contribution in [0, 0.1) is 0 Å². The van der Waals surface area contributed by atoms with Crippen LogP contribution in [0.25, 0.3) is 0 Å². The van der Waals surface area contributed by atoms with Gasteiger partial charge in [0, 0.05) is 13.2 Å². The number of halogens is 1. The van der Waals surface area contributed by atoms with E-state index in [0.29, 0.717) is 6.54 Å². The zero-order valence-electron chi connectivity index (χ0n) is 8.10. The average molecular weight is 250 g/mol. The van der Waals surface area contributed by atoms with Crippen LogP contribution in [0.3, 0.4) is 0 Å². The molecule has 76 valence electrons. The smallest absolute Gasteiger partial charge is 0.233 e. The highest BCUT2D eigenvalue weighted by molar-refractivity contribution is 9.10. The number of hydrogen-bond donors (Lipinski definition) is 1. The highest BCUT2D eigenvalue weighted by Gasteiger charge is 2.30. The van der Waals surface area contributed by atoms with E-state index in [1.165, 1.54) is 0 Å². The van der Waals surface area contributed by atoms with E-state index in [2.05, 4.69) is 21.2 Å². The summed E-state index contributed by atoms with van der Waals surface area (Å²) >= 11 is 3.21. The Morgan fingerprint density at radius 2 is 2.46 bits per heavy atom. The zero-order chi connectivity index (χ0) is 9.90. The van der Waals surface area contributed by atoms with Gasteiger partial charge in [0.1, 0.15) is 0 Å². The van der Waals surface area contributed by atoms with Crippen molar-refractivity contribution in [2.24, 2.45) is 0 Å². The van der Waals surface area contributed by atoms with Gasteiger partial charge in [-0.3, -0.25) is 4.79 Å². The first kappa shape index (κ1) is 11.0. The second-order valence-electron chi connectivity index (χ2n) is 3.74. The van der Waals surface area contributed by atoms with Crippen molar-refractivity contribution < 1.29 is 9.53 Å². The summed E-state index contributed by atoms with van der Waals surface area (Å²) in [6.45, 7) is 5.28. The Labute approximate surface area is 87.3 Å². The second-order valence-corrected chi connectivity index (χ2v) is 5.11. The van der Waals surface area contributed by atoms with E-state index in [1.54, 1.807) is 0 Å². The minimum absolute atomic E-state index is 0.0247. The molecule has 1 amide bonds. The van der Waals surface area contributed by atoms with Crippen molar-refractivity contribution in [3.63, 3.8) is 0 Å². The van der Waals surface area contributed by atoms with Crippen LogP contribution in [-0.2, 0) is 9.53 Å². The molecule has 0 radical (unpaired) electrons. The first-order valence-corrected chi connectivity index (χ1v) is 5.51. The molecule has 1 rings (SSSR count). The average Bonchev–Trinajstić information content (AvgIpc) is 2.48. The highest BCUT2D eigenvalue weighted by Crippen LogP contribution is 2.23. The summed E-state index contributed by atoms with van der Waals surface area (Å²) in [5.41, 5.74) is -0.141. The summed E-state index contributed by atoms with van der Waals surface area (Å²) in [5, 5.41) is 2.85. The maximum absolute atomic E-state index is 11.2. The van der Waals surface area contributed by atoms with Crippen molar-refractivity contribution in [1.82, 2.24) is 5.32 Å². The minimum Gasteiger partial charge on any atom is -0.373 e. The van der Waals surface area contributed by atoms with Gasteiger partial charge in [0.15, 0.2) is 0 Å². The van der Waals surface area contributed by atoms with Gasteiger partial charge in [0.25, 0.3) is 0 Å². The third-order valence-corrected chi connectivity index (χ3v) is 2.71. The van der Waals surface area contributed by atoms with E-state index in [-0.39, 0.29) is 16.3 Å². The minimum atomic E-state index is -0.141. The number of carbonyl (C=O) groups is 1. The number of alkyl halides is 1. The number of rotatable bonds is 3. The normalized spacial score (nSPS) is 30.1. The molecule has 0 aromatic heterocycles. The summed E-state index contributed by atoms with van der Waals surface area (Å²) in [4.78, 5) is 11.1. The number of nitrogens with one attached hydrogen (secondary N) is 1. The molecule has 3 nitrogen and oxygen atoms in total. The van der Waals surface area contributed by atoms with Gasteiger partial charge in [-0.1, -0.05) is 15.9 Å². The first-order chi connectivity index (χ1) is 6.03. The lowest BCUT2D eigenvalue weighted by Crippen LogP contribution is -2.42. The molecule has 0 spiro atoms. The van der Waals surface area contributed by atoms with E-state index < -0.39 is 0 Å². The van der Waals surface area contributed by atoms with Crippen molar-refractivity contribution in [2.75, 3.05) is 13.2 Å². The van der Waals surface area contributed by atoms with Crippen molar-refractivity contribution in [3.05, 3.63) is 0 Å². The number of carbonyl (C=O) groups excluding carboxylic acids is 1. The van der Waals surface area contributed by atoms with Crippen molar-refractivity contribution in [1.29, 1.82) is 0 Å². The Morgan fingerprint density at radius 1 is 1.77 bits per heavy atom. The molecule has 4 heteroatoms. The van der Waals surface area contributed by atoms with Crippen LogP contribution in [-0.4, -0.2) is 29.5 Å². The molecule has 1 aliphatic heterocycles. The lowest BCUT2D eigenvalue weighted by Gasteiger charge is -2.23. The van der Waals surface area contributed by atoms with Gasteiger partial charge in [-0.25, -0.2) is 0 Å². The van der Waals surface area contributed by atoms with Crippen LogP contribution in [0.5, 0.6) is 0 Å². The molecule has 2 unspecified atom stereocenters. The molecule has 0 aromatic carbocycles. The van der Waals surface area contributed by atoms with Crippen molar-refractivity contribution in [2.45, 2.75) is 37.1 Å². The van der Waals surface area contributed by atoms with Gasteiger partial charge in [0.05, 0.1) is 10.4 Å². The lowest BCUT2D eigenvalue weighted by atomic mass is 10.0. The Bertz CT molecular complexity index is 188. The van der Waals surface area contributed by atoms with Gasteiger partial charge in [-0.15, -0.1) is 0 Å². The molecule has 0 aliphatic carbocycles. The summed E-state index contributed by atoms with van der Waals surface area (Å²) in [6.07, 6.45) is 2.13. The molecule has 1 N–H and O–H groups in total. The molecule has 1 heterocycles. The van der Waals surface area contributed by atoms with E-state index in [9.17, 15) is 4.79 Å². The van der Waals surface area contributed by atoms with Crippen LogP contribution in [0.1, 0.15) is 26.7 Å². The lowest BCUT2D eigenvalue weighted by molar-refractivity contribution is -0.121. The Kier molecular flexibility index (Phi) is 3.74. The summed E-state index contributed by atoms with van der Waals surface area (Å²) in [6, 6.07) is 0. The van der Waals surface area contributed by atoms with Gasteiger partial charge in [-0.05, 0) is 26.7 Å². The van der Waals surface area contributed by atoms with Gasteiger partial charge < -0.3 is 10.1 Å². The monoisotopic (exact) mass is 249 g/mol. The number of hydrogen-bond acceptors (Lipinski definition) is 2. The highest BCUT2D eigenvalue weighted by atomic mass is 79.9. The molecule has 1 aliphatic rings. The SMILES string of the molecule is CC(Br)C(=O)NCC1(C)CCCO1. The van der Waals surface area contributed by atoms with Crippen LogP contribution in [0.15, 0.2) is 0 Å². The largest absolute Gasteiger partial charge is 0.373 e. The van der Waals surface area contributed by atoms with Crippen LogP contribution in [0.4, 0.5) is 0 Å². The van der Waals surface area contributed by atoms with E-state index in [4.69, 9.17) is 4.74 Å². The van der Waals surface area contributed by atoms with Crippen molar-refractivity contribution in [3.8, 4) is 0 Å². The summed E-state index contributed by atoms with van der Waals surface area (Å²) < 4.78 is 5.54. The maximum atomic E-state index is 11.2. The number of ether oxygens (including phenoxy) is 1. The molecule has 2 atom stereocenters. The summed E-state index contributed by atoms with van der Waals surface area (Å²) in [7, 11) is 0. The van der Waals surface area contributed by atoms with E-state index >= 15 is 0 Å². The van der Waals surface area contributed by atoms with Gasteiger partial charge in [-0.2, -0.15) is 0 Å². The maximum Gasteiger partial charge on any atom is 0.233 e.